The van der Waals surface area contributed by atoms with Crippen LogP contribution in [0.5, 0.6) is 5.75 Å². The standard InChI is InChI=1S/C43H28N2O2/c1-46-31-19-16-29(17-20-31)44-38-11-5-2-8-32(38)35-24-27(14-21-40(35)44)28-15-22-41-36(25-28)33-9-3-6-12-39(33)45(41)30-18-23-43-37(26-30)34-10-4-7-13-42(34)47-43/h2-26H,1H3. The zero-order valence-corrected chi connectivity index (χ0v) is 25.6. The fourth-order valence-electron chi connectivity index (χ4n) is 7.45. The van der Waals surface area contributed by atoms with E-state index in [2.05, 4.69) is 137 Å². The van der Waals surface area contributed by atoms with Crippen LogP contribution in [0.4, 0.5) is 0 Å². The molecular formula is C43H28N2O2. The van der Waals surface area contributed by atoms with Crippen molar-refractivity contribution >= 4 is 65.6 Å². The molecule has 10 aromatic rings. The highest BCUT2D eigenvalue weighted by atomic mass is 16.5. The molecule has 10 rings (SSSR count). The van der Waals surface area contributed by atoms with Gasteiger partial charge >= 0.3 is 0 Å². The van der Waals surface area contributed by atoms with Crippen LogP contribution in [0.15, 0.2) is 156 Å². The maximum atomic E-state index is 6.14. The van der Waals surface area contributed by atoms with Crippen molar-refractivity contribution in [2.45, 2.75) is 0 Å². The monoisotopic (exact) mass is 604 g/mol. The fourth-order valence-corrected chi connectivity index (χ4v) is 7.45. The van der Waals surface area contributed by atoms with Gasteiger partial charge < -0.3 is 18.3 Å². The highest BCUT2D eigenvalue weighted by Gasteiger charge is 2.17. The molecule has 0 aliphatic carbocycles. The topological polar surface area (TPSA) is 32.2 Å². The molecule has 4 heteroatoms. The first kappa shape index (κ1) is 26.0. The first-order chi connectivity index (χ1) is 23.2. The fraction of sp³-hybridized carbons (Fsp3) is 0.0233. The Balaban J connectivity index is 1.15. The molecule has 0 saturated heterocycles. The molecule has 47 heavy (non-hydrogen) atoms. The van der Waals surface area contributed by atoms with E-state index < -0.39 is 0 Å². The number of hydrogen-bond donors (Lipinski definition) is 0. The predicted molar refractivity (Wildman–Crippen MR) is 194 cm³/mol. The Morgan fingerprint density at radius 3 is 1.55 bits per heavy atom. The quantitative estimate of drug-likeness (QED) is 0.200. The van der Waals surface area contributed by atoms with Crippen molar-refractivity contribution in [2.24, 2.45) is 0 Å². The highest BCUT2D eigenvalue weighted by molar-refractivity contribution is 6.13. The molecule has 0 bridgehead atoms. The van der Waals surface area contributed by atoms with E-state index in [9.17, 15) is 0 Å². The first-order valence-corrected chi connectivity index (χ1v) is 15.9. The summed E-state index contributed by atoms with van der Waals surface area (Å²) in [4.78, 5) is 0. The molecule has 0 aliphatic heterocycles. The molecule has 0 atom stereocenters. The van der Waals surface area contributed by atoms with Gasteiger partial charge in [0.2, 0.25) is 0 Å². The SMILES string of the molecule is COc1ccc(-n2c3ccccc3c3cc(-c4ccc5c(c4)c4ccccc4n5-c4ccc5oc6ccccc6c5c4)ccc32)cc1. The van der Waals surface area contributed by atoms with Gasteiger partial charge in [0.1, 0.15) is 16.9 Å². The van der Waals surface area contributed by atoms with Crippen molar-refractivity contribution in [3.63, 3.8) is 0 Å². The third-order valence-corrected chi connectivity index (χ3v) is 9.63. The number of benzene rings is 7. The number of furan rings is 1. The van der Waals surface area contributed by atoms with Crippen LogP contribution < -0.4 is 4.74 Å². The van der Waals surface area contributed by atoms with Crippen molar-refractivity contribution < 1.29 is 9.15 Å². The molecule has 0 spiro atoms. The third-order valence-electron chi connectivity index (χ3n) is 9.63. The van der Waals surface area contributed by atoms with Crippen LogP contribution in [0.3, 0.4) is 0 Å². The molecule has 0 radical (unpaired) electrons. The van der Waals surface area contributed by atoms with E-state index in [4.69, 9.17) is 9.15 Å². The lowest BCUT2D eigenvalue weighted by atomic mass is 10.0. The van der Waals surface area contributed by atoms with Gasteiger partial charge in [0.15, 0.2) is 0 Å². The second kappa shape index (κ2) is 9.87. The smallest absolute Gasteiger partial charge is 0.135 e. The molecule has 0 unspecified atom stereocenters. The molecule has 0 aliphatic rings. The van der Waals surface area contributed by atoms with E-state index in [0.29, 0.717) is 0 Å². The van der Waals surface area contributed by atoms with Crippen LogP contribution in [0.1, 0.15) is 0 Å². The van der Waals surface area contributed by atoms with Gasteiger partial charge in [-0.3, -0.25) is 0 Å². The van der Waals surface area contributed by atoms with Gasteiger partial charge in [-0.25, -0.2) is 0 Å². The Hall–Kier alpha value is -6.26. The molecule has 3 aromatic heterocycles. The maximum absolute atomic E-state index is 6.14. The van der Waals surface area contributed by atoms with Crippen molar-refractivity contribution in [2.75, 3.05) is 7.11 Å². The number of ether oxygens (including phenoxy) is 1. The van der Waals surface area contributed by atoms with Gasteiger partial charge in [-0.15, -0.1) is 0 Å². The lowest BCUT2D eigenvalue weighted by Gasteiger charge is -2.10. The summed E-state index contributed by atoms with van der Waals surface area (Å²) >= 11 is 0. The van der Waals surface area contributed by atoms with Gasteiger partial charge in [0, 0.05) is 43.7 Å². The van der Waals surface area contributed by atoms with E-state index in [1.54, 1.807) is 7.11 Å². The second-order valence-corrected chi connectivity index (χ2v) is 12.1. The zero-order valence-electron chi connectivity index (χ0n) is 25.6. The minimum atomic E-state index is 0.851. The highest BCUT2D eigenvalue weighted by Crippen LogP contribution is 2.39. The van der Waals surface area contributed by atoms with Crippen LogP contribution in [0.2, 0.25) is 0 Å². The number of para-hydroxylation sites is 3. The number of aromatic nitrogens is 2. The minimum Gasteiger partial charge on any atom is -0.497 e. The van der Waals surface area contributed by atoms with Gasteiger partial charge in [-0.2, -0.15) is 0 Å². The first-order valence-electron chi connectivity index (χ1n) is 15.9. The lowest BCUT2D eigenvalue weighted by molar-refractivity contribution is 0.415. The average Bonchev–Trinajstić information content (AvgIpc) is 3.78. The van der Waals surface area contributed by atoms with E-state index in [0.717, 1.165) is 39.1 Å². The molecule has 7 aromatic carbocycles. The summed E-state index contributed by atoms with van der Waals surface area (Å²) in [6.07, 6.45) is 0. The van der Waals surface area contributed by atoms with E-state index >= 15 is 0 Å². The number of nitrogens with zero attached hydrogens (tertiary/aromatic N) is 2. The van der Waals surface area contributed by atoms with E-state index in [1.165, 1.54) is 54.7 Å². The van der Waals surface area contributed by atoms with Gasteiger partial charge in [0.25, 0.3) is 0 Å². The van der Waals surface area contributed by atoms with Crippen LogP contribution in [-0.2, 0) is 0 Å². The summed E-state index contributed by atoms with van der Waals surface area (Å²) < 4.78 is 16.3. The summed E-state index contributed by atoms with van der Waals surface area (Å²) in [5.41, 5.74) is 11.2. The molecule has 0 fully saturated rings. The summed E-state index contributed by atoms with van der Waals surface area (Å²) in [7, 11) is 1.70. The Bertz CT molecular complexity index is 2830. The number of rotatable bonds is 4. The van der Waals surface area contributed by atoms with Crippen molar-refractivity contribution in [3.05, 3.63) is 152 Å². The number of hydrogen-bond acceptors (Lipinski definition) is 2. The second-order valence-electron chi connectivity index (χ2n) is 12.1. The molecule has 0 amide bonds. The van der Waals surface area contributed by atoms with Gasteiger partial charge in [-0.05, 0) is 96.1 Å². The van der Waals surface area contributed by atoms with Crippen molar-refractivity contribution in [1.29, 1.82) is 0 Å². The summed E-state index contributed by atoms with van der Waals surface area (Å²) in [6.45, 7) is 0. The molecule has 222 valence electrons. The minimum absolute atomic E-state index is 0.851. The molecule has 3 heterocycles. The number of fused-ring (bicyclic) bond motifs is 9. The summed E-state index contributed by atoms with van der Waals surface area (Å²) in [6, 6.07) is 54.1. The summed E-state index contributed by atoms with van der Waals surface area (Å²) in [5, 5.41) is 7.20. The average molecular weight is 605 g/mol. The zero-order chi connectivity index (χ0) is 31.1. The predicted octanol–water partition coefficient (Wildman–Crippen LogP) is 11.5. The molecule has 4 nitrogen and oxygen atoms in total. The van der Waals surface area contributed by atoms with E-state index in [-0.39, 0.29) is 0 Å². The van der Waals surface area contributed by atoms with Crippen molar-refractivity contribution in [3.8, 4) is 28.3 Å². The maximum Gasteiger partial charge on any atom is 0.135 e. The van der Waals surface area contributed by atoms with Crippen molar-refractivity contribution in [1.82, 2.24) is 9.13 Å². The Morgan fingerprint density at radius 2 is 0.915 bits per heavy atom. The number of methoxy groups -OCH3 is 1. The normalized spacial score (nSPS) is 11.9. The Labute approximate surface area is 270 Å². The Morgan fingerprint density at radius 1 is 0.404 bits per heavy atom. The molecular weight excluding hydrogens is 576 g/mol. The molecule has 0 N–H and O–H groups in total. The van der Waals surface area contributed by atoms with Crippen LogP contribution in [0.25, 0.3) is 88.1 Å². The Kier molecular flexibility index (Phi) is 5.46. The van der Waals surface area contributed by atoms with Gasteiger partial charge in [-0.1, -0.05) is 66.7 Å². The lowest BCUT2D eigenvalue weighted by Crippen LogP contribution is -1.94. The van der Waals surface area contributed by atoms with E-state index in [1.807, 2.05) is 24.3 Å². The molecule has 0 saturated carbocycles. The summed E-state index contributed by atoms with van der Waals surface area (Å²) in [5.74, 6) is 0.851. The van der Waals surface area contributed by atoms with Crippen LogP contribution in [-0.4, -0.2) is 16.2 Å². The third kappa shape index (κ3) is 3.82. The largest absolute Gasteiger partial charge is 0.497 e. The van der Waals surface area contributed by atoms with Gasteiger partial charge in [0.05, 0.1) is 29.2 Å². The van der Waals surface area contributed by atoms with Crippen LogP contribution in [0, 0.1) is 0 Å². The van der Waals surface area contributed by atoms with Crippen LogP contribution >= 0.6 is 0 Å².